The van der Waals surface area contributed by atoms with E-state index in [4.69, 9.17) is 11.6 Å². The van der Waals surface area contributed by atoms with E-state index < -0.39 is 0 Å². The van der Waals surface area contributed by atoms with Gasteiger partial charge in [0, 0.05) is 28.6 Å². The highest BCUT2D eigenvalue weighted by atomic mass is 35.5. The molecule has 0 bridgehead atoms. The summed E-state index contributed by atoms with van der Waals surface area (Å²) in [6.07, 6.45) is 0.427. The van der Waals surface area contributed by atoms with Crippen molar-refractivity contribution < 1.29 is 4.79 Å². The van der Waals surface area contributed by atoms with Crippen LogP contribution in [0.3, 0.4) is 0 Å². The first-order valence-electron chi connectivity index (χ1n) is 8.54. The maximum atomic E-state index is 12.3. The lowest BCUT2D eigenvalue weighted by Gasteiger charge is -2.04. The second-order valence-electron chi connectivity index (χ2n) is 6.12. The van der Waals surface area contributed by atoms with Crippen molar-refractivity contribution >= 4 is 50.8 Å². The van der Waals surface area contributed by atoms with E-state index in [1.807, 2.05) is 19.1 Å². The third kappa shape index (κ3) is 4.40. The molecule has 0 saturated carbocycles. The van der Waals surface area contributed by atoms with E-state index in [1.54, 1.807) is 11.8 Å². The summed E-state index contributed by atoms with van der Waals surface area (Å²) in [7, 11) is 0. The van der Waals surface area contributed by atoms with Crippen LogP contribution < -0.4 is 4.80 Å². The van der Waals surface area contributed by atoms with Crippen LogP contribution in [-0.4, -0.2) is 16.2 Å². The maximum absolute atomic E-state index is 12.3. The van der Waals surface area contributed by atoms with E-state index in [0.29, 0.717) is 11.4 Å². The quantitative estimate of drug-likeness (QED) is 0.518. The number of thioether (sulfide) groups is 1. The molecular formula is C20H21ClN2OS2. The number of thiazole rings is 1. The van der Waals surface area contributed by atoms with Gasteiger partial charge in [-0.05, 0) is 50.6 Å². The van der Waals surface area contributed by atoms with Crippen molar-refractivity contribution in [3.05, 3.63) is 57.3 Å². The fourth-order valence-corrected chi connectivity index (χ4v) is 5.21. The number of hydrogen-bond acceptors (Lipinski definition) is 3. The minimum atomic E-state index is -0.0814. The second kappa shape index (κ2) is 8.42. The van der Waals surface area contributed by atoms with Crippen LogP contribution in [0.4, 0.5) is 0 Å². The lowest BCUT2D eigenvalue weighted by Crippen LogP contribution is -2.16. The molecule has 0 spiro atoms. The van der Waals surface area contributed by atoms with Crippen LogP contribution in [0.25, 0.3) is 10.2 Å². The normalized spacial score (nSPS) is 12.1. The number of aryl methyl sites for hydroxylation is 3. The average molecular weight is 405 g/mol. The van der Waals surface area contributed by atoms with Gasteiger partial charge >= 0.3 is 0 Å². The van der Waals surface area contributed by atoms with E-state index in [1.165, 1.54) is 21.8 Å². The van der Waals surface area contributed by atoms with Gasteiger partial charge in [-0.15, -0.1) is 11.8 Å². The van der Waals surface area contributed by atoms with E-state index in [0.717, 1.165) is 32.9 Å². The molecule has 3 nitrogen and oxygen atoms in total. The minimum absolute atomic E-state index is 0.0814. The SMILES string of the molecule is CCn1c(=NC(=O)CCSc2ccc(C)cc2)sc2cc(Cl)cc(C)c21. The molecule has 1 aromatic heterocycles. The summed E-state index contributed by atoms with van der Waals surface area (Å²) in [6, 6.07) is 12.2. The van der Waals surface area contributed by atoms with Crippen molar-refractivity contribution in [3.63, 3.8) is 0 Å². The number of carbonyl (C=O) groups excluding carboxylic acids is 1. The van der Waals surface area contributed by atoms with Gasteiger partial charge in [0.25, 0.3) is 0 Å². The van der Waals surface area contributed by atoms with Gasteiger partial charge < -0.3 is 4.57 Å². The van der Waals surface area contributed by atoms with E-state index in [9.17, 15) is 4.79 Å². The molecule has 0 fully saturated rings. The summed E-state index contributed by atoms with van der Waals surface area (Å²) < 4.78 is 3.16. The molecule has 0 unspecified atom stereocenters. The van der Waals surface area contributed by atoms with Crippen LogP contribution in [0.2, 0.25) is 5.02 Å². The fourth-order valence-electron chi connectivity index (χ4n) is 2.81. The van der Waals surface area contributed by atoms with E-state index >= 15 is 0 Å². The second-order valence-corrected chi connectivity index (χ2v) is 8.73. The summed E-state index contributed by atoms with van der Waals surface area (Å²) in [5.41, 5.74) is 3.46. The fraction of sp³-hybridized carbons (Fsp3) is 0.300. The number of rotatable bonds is 5. The number of hydrogen-bond donors (Lipinski definition) is 0. The third-order valence-corrected chi connectivity index (χ3v) is 6.33. The number of fused-ring (bicyclic) bond motifs is 1. The maximum Gasteiger partial charge on any atom is 0.249 e. The molecule has 0 saturated heterocycles. The van der Waals surface area contributed by atoms with Crippen molar-refractivity contribution in [2.24, 2.45) is 4.99 Å². The molecule has 0 aliphatic carbocycles. The Morgan fingerprint density at radius 1 is 1.23 bits per heavy atom. The van der Waals surface area contributed by atoms with E-state index in [-0.39, 0.29) is 5.91 Å². The molecule has 1 amide bonds. The van der Waals surface area contributed by atoms with Crippen molar-refractivity contribution in [2.75, 3.05) is 5.75 Å². The molecule has 0 aliphatic heterocycles. The first kappa shape index (κ1) is 19.2. The lowest BCUT2D eigenvalue weighted by molar-refractivity contribution is -0.117. The van der Waals surface area contributed by atoms with Gasteiger partial charge in [-0.25, -0.2) is 0 Å². The minimum Gasteiger partial charge on any atom is -0.316 e. The molecule has 6 heteroatoms. The first-order chi connectivity index (χ1) is 12.5. The summed E-state index contributed by atoms with van der Waals surface area (Å²) in [5, 5.41) is 0.715. The van der Waals surface area contributed by atoms with Crippen molar-refractivity contribution in [3.8, 4) is 0 Å². The zero-order chi connectivity index (χ0) is 18.7. The standard InChI is InChI=1S/C20H21ClN2OS2/c1-4-23-19-14(3)11-15(21)12-17(19)26-20(23)22-18(24)9-10-25-16-7-5-13(2)6-8-16/h5-8,11-12H,4,9-10H2,1-3H3. The number of carbonyl (C=O) groups is 1. The van der Waals surface area contributed by atoms with Crippen molar-refractivity contribution in [2.45, 2.75) is 38.6 Å². The molecule has 3 aromatic rings. The predicted molar refractivity (Wildman–Crippen MR) is 112 cm³/mol. The zero-order valence-corrected chi connectivity index (χ0v) is 17.5. The smallest absolute Gasteiger partial charge is 0.249 e. The molecule has 0 aliphatic rings. The van der Waals surface area contributed by atoms with Gasteiger partial charge in [0.2, 0.25) is 5.91 Å². The van der Waals surface area contributed by atoms with Crippen LogP contribution >= 0.6 is 34.7 Å². The van der Waals surface area contributed by atoms with Crippen LogP contribution in [-0.2, 0) is 11.3 Å². The van der Waals surface area contributed by atoms with Crippen molar-refractivity contribution in [1.82, 2.24) is 4.57 Å². The Morgan fingerprint density at radius 3 is 2.65 bits per heavy atom. The number of halogens is 1. The van der Waals surface area contributed by atoms with Gasteiger partial charge in [0.05, 0.1) is 10.2 Å². The molecule has 3 rings (SSSR count). The van der Waals surface area contributed by atoms with Gasteiger partial charge in [-0.2, -0.15) is 4.99 Å². The van der Waals surface area contributed by atoms with Crippen LogP contribution in [0.5, 0.6) is 0 Å². The number of benzene rings is 2. The summed E-state index contributed by atoms with van der Waals surface area (Å²) in [5.74, 6) is 0.648. The molecular weight excluding hydrogens is 384 g/mol. The number of amides is 1. The number of nitrogens with zero attached hydrogens (tertiary/aromatic N) is 2. The topological polar surface area (TPSA) is 34.4 Å². The summed E-state index contributed by atoms with van der Waals surface area (Å²) in [4.78, 5) is 18.6. The van der Waals surface area contributed by atoms with Gasteiger partial charge in [0.1, 0.15) is 0 Å². The Balaban J connectivity index is 1.77. The number of aromatic nitrogens is 1. The molecule has 26 heavy (non-hydrogen) atoms. The van der Waals surface area contributed by atoms with Crippen molar-refractivity contribution in [1.29, 1.82) is 0 Å². The Labute approximate surface area is 166 Å². The average Bonchev–Trinajstić information content (AvgIpc) is 2.93. The van der Waals surface area contributed by atoms with Gasteiger partial charge in [-0.3, -0.25) is 4.79 Å². The van der Waals surface area contributed by atoms with Gasteiger partial charge in [-0.1, -0.05) is 40.6 Å². The third-order valence-electron chi connectivity index (χ3n) is 4.07. The summed E-state index contributed by atoms with van der Waals surface area (Å²) in [6.45, 7) is 6.94. The predicted octanol–water partition coefficient (Wildman–Crippen LogP) is 5.60. The Kier molecular flexibility index (Phi) is 6.22. The largest absolute Gasteiger partial charge is 0.316 e. The molecule has 0 radical (unpaired) electrons. The van der Waals surface area contributed by atoms with Crippen LogP contribution in [0.15, 0.2) is 46.3 Å². The Hall–Kier alpha value is -1.56. The van der Waals surface area contributed by atoms with Gasteiger partial charge in [0.15, 0.2) is 4.80 Å². The molecule has 2 aromatic carbocycles. The molecule has 0 atom stereocenters. The Morgan fingerprint density at radius 2 is 1.96 bits per heavy atom. The zero-order valence-electron chi connectivity index (χ0n) is 15.1. The lowest BCUT2D eigenvalue weighted by atomic mass is 10.2. The Bertz CT molecular complexity index is 1000. The molecule has 136 valence electrons. The highest BCUT2D eigenvalue weighted by molar-refractivity contribution is 7.99. The monoisotopic (exact) mass is 404 g/mol. The molecule has 0 N–H and O–H groups in total. The highest BCUT2D eigenvalue weighted by Gasteiger charge is 2.10. The highest BCUT2D eigenvalue weighted by Crippen LogP contribution is 2.26. The van der Waals surface area contributed by atoms with Crippen LogP contribution in [0.1, 0.15) is 24.5 Å². The van der Waals surface area contributed by atoms with E-state index in [2.05, 4.69) is 47.7 Å². The molecule has 1 heterocycles. The summed E-state index contributed by atoms with van der Waals surface area (Å²) >= 11 is 9.37. The first-order valence-corrected chi connectivity index (χ1v) is 10.7. The van der Waals surface area contributed by atoms with Crippen LogP contribution in [0, 0.1) is 13.8 Å².